The quantitative estimate of drug-likeness (QED) is 0.229. The van der Waals surface area contributed by atoms with Gasteiger partial charge >= 0.3 is 5.97 Å². The second-order valence-electron chi connectivity index (χ2n) is 7.74. The van der Waals surface area contributed by atoms with E-state index < -0.39 is 17.9 Å². The first-order valence-corrected chi connectivity index (χ1v) is 13.1. The summed E-state index contributed by atoms with van der Waals surface area (Å²) < 4.78 is 12.7. The molecule has 0 bridgehead atoms. The van der Waals surface area contributed by atoms with Crippen LogP contribution in [0.4, 0.5) is 0 Å². The van der Waals surface area contributed by atoms with Crippen molar-refractivity contribution in [3.05, 3.63) is 98.9 Å². The van der Waals surface area contributed by atoms with E-state index in [1.807, 2.05) is 43.3 Å². The molecule has 0 spiro atoms. The molecule has 1 unspecified atom stereocenters. The summed E-state index contributed by atoms with van der Waals surface area (Å²) in [6.45, 7) is 2.67. The smallest absolute Gasteiger partial charge is 0.331 e. The summed E-state index contributed by atoms with van der Waals surface area (Å²) in [6, 6.07) is 20.8. The van der Waals surface area contributed by atoms with Gasteiger partial charge in [-0.05, 0) is 57.8 Å². The van der Waals surface area contributed by atoms with E-state index in [2.05, 4.69) is 15.9 Å². The lowest BCUT2D eigenvalue weighted by Gasteiger charge is -2.23. The van der Waals surface area contributed by atoms with Gasteiger partial charge in [0.1, 0.15) is 10.9 Å². The van der Waals surface area contributed by atoms with Crippen LogP contribution in [0.1, 0.15) is 29.7 Å². The molecule has 1 amide bonds. The van der Waals surface area contributed by atoms with E-state index >= 15 is 0 Å². The van der Waals surface area contributed by atoms with Gasteiger partial charge in [0.15, 0.2) is 17.5 Å². The Balaban J connectivity index is 1.62. The number of amides is 1. The number of carbonyl (C=O) groups is 2. The first-order valence-electron chi connectivity index (χ1n) is 11.1. The molecule has 0 radical (unpaired) electrons. The van der Waals surface area contributed by atoms with Crippen molar-refractivity contribution < 1.29 is 24.2 Å². The Bertz CT molecular complexity index is 1310. The largest absolute Gasteiger partial charge is 0.490 e. The van der Waals surface area contributed by atoms with Gasteiger partial charge in [0, 0.05) is 0 Å². The number of thiocarbonyl (C=S) groups is 1. The molecule has 1 N–H and O–H groups in total. The summed E-state index contributed by atoms with van der Waals surface area (Å²) in [6.07, 6.45) is 1.68. The first kappa shape index (κ1) is 25.9. The summed E-state index contributed by atoms with van der Waals surface area (Å²) in [5, 5.41) is 9.88. The Morgan fingerprint density at radius 3 is 2.42 bits per heavy atom. The van der Waals surface area contributed by atoms with Gasteiger partial charge in [-0.2, -0.15) is 0 Å². The molecule has 3 aromatic carbocycles. The minimum Gasteiger partial charge on any atom is -0.490 e. The van der Waals surface area contributed by atoms with Crippen LogP contribution in [-0.2, 0) is 16.2 Å². The SMILES string of the molecule is CCOc1cc(/C=C2\SC(=S)N(C(C(=O)O)c3ccccc3)C2=O)cc(Br)c1OCc1ccccc1. The highest BCUT2D eigenvalue weighted by Gasteiger charge is 2.41. The van der Waals surface area contributed by atoms with Crippen LogP contribution in [0.25, 0.3) is 6.08 Å². The average Bonchev–Trinajstić information content (AvgIpc) is 3.13. The molecule has 6 nitrogen and oxygen atoms in total. The highest BCUT2D eigenvalue weighted by molar-refractivity contribution is 9.10. The van der Waals surface area contributed by atoms with Gasteiger partial charge in [-0.25, -0.2) is 4.79 Å². The summed E-state index contributed by atoms with van der Waals surface area (Å²) in [7, 11) is 0. The molecule has 1 saturated heterocycles. The molecule has 0 aromatic heterocycles. The number of carboxylic acid groups (broad SMARTS) is 1. The van der Waals surface area contributed by atoms with E-state index in [4.69, 9.17) is 21.7 Å². The van der Waals surface area contributed by atoms with E-state index in [0.29, 0.717) is 45.2 Å². The van der Waals surface area contributed by atoms with Crippen LogP contribution in [0.3, 0.4) is 0 Å². The van der Waals surface area contributed by atoms with Crippen LogP contribution >= 0.6 is 39.9 Å². The Morgan fingerprint density at radius 1 is 1.11 bits per heavy atom. The van der Waals surface area contributed by atoms with E-state index in [9.17, 15) is 14.7 Å². The van der Waals surface area contributed by atoms with Gasteiger partial charge in [0.05, 0.1) is 16.0 Å². The van der Waals surface area contributed by atoms with Crippen LogP contribution in [0.15, 0.2) is 82.2 Å². The van der Waals surface area contributed by atoms with Gasteiger partial charge in [-0.1, -0.05) is 84.6 Å². The molecule has 184 valence electrons. The number of hydrogen-bond acceptors (Lipinski definition) is 6. The van der Waals surface area contributed by atoms with Crippen LogP contribution in [-0.4, -0.2) is 32.8 Å². The number of thioether (sulfide) groups is 1. The van der Waals surface area contributed by atoms with Gasteiger partial charge in [-0.15, -0.1) is 0 Å². The topological polar surface area (TPSA) is 76.1 Å². The molecule has 1 fully saturated rings. The van der Waals surface area contributed by atoms with Crippen molar-refractivity contribution in [1.29, 1.82) is 0 Å². The van der Waals surface area contributed by atoms with Crippen LogP contribution < -0.4 is 9.47 Å². The van der Waals surface area contributed by atoms with E-state index in [1.54, 1.807) is 42.5 Å². The number of benzene rings is 3. The number of halogens is 1. The van der Waals surface area contributed by atoms with E-state index in [-0.39, 0.29) is 4.32 Å². The highest BCUT2D eigenvalue weighted by Crippen LogP contribution is 2.41. The number of carbonyl (C=O) groups excluding carboxylic acids is 1. The molecule has 1 heterocycles. The van der Waals surface area contributed by atoms with Crippen molar-refractivity contribution in [1.82, 2.24) is 4.90 Å². The Hall–Kier alpha value is -3.14. The molecule has 0 saturated carbocycles. The number of rotatable bonds is 9. The fraction of sp³-hybridized carbons (Fsp3) is 0.148. The highest BCUT2D eigenvalue weighted by atomic mass is 79.9. The summed E-state index contributed by atoms with van der Waals surface area (Å²) in [5.41, 5.74) is 2.18. The van der Waals surface area contributed by atoms with Crippen molar-refractivity contribution in [2.75, 3.05) is 6.61 Å². The first-order chi connectivity index (χ1) is 17.4. The zero-order valence-electron chi connectivity index (χ0n) is 19.2. The fourth-order valence-corrected chi connectivity index (χ4v) is 5.58. The molecule has 3 aromatic rings. The second-order valence-corrected chi connectivity index (χ2v) is 10.3. The van der Waals surface area contributed by atoms with Crippen molar-refractivity contribution in [2.45, 2.75) is 19.6 Å². The van der Waals surface area contributed by atoms with Crippen molar-refractivity contribution in [3.63, 3.8) is 0 Å². The molecule has 1 atom stereocenters. The maximum absolute atomic E-state index is 13.3. The number of hydrogen-bond donors (Lipinski definition) is 1. The summed E-state index contributed by atoms with van der Waals surface area (Å²) in [5.74, 6) is -0.530. The molecule has 9 heteroatoms. The predicted molar refractivity (Wildman–Crippen MR) is 148 cm³/mol. The molecule has 1 aliphatic rings. The Morgan fingerprint density at radius 2 is 1.78 bits per heavy atom. The Kier molecular flexibility index (Phi) is 8.45. The maximum Gasteiger partial charge on any atom is 0.331 e. The number of ether oxygens (including phenoxy) is 2. The lowest BCUT2D eigenvalue weighted by atomic mass is 10.1. The average molecular weight is 585 g/mol. The zero-order valence-corrected chi connectivity index (χ0v) is 22.4. The predicted octanol–water partition coefficient (Wildman–Crippen LogP) is 6.45. The van der Waals surface area contributed by atoms with Crippen LogP contribution in [0.5, 0.6) is 11.5 Å². The number of nitrogens with zero attached hydrogens (tertiary/aromatic N) is 1. The van der Waals surface area contributed by atoms with Crippen LogP contribution in [0.2, 0.25) is 0 Å². The molecule has 4 rings (SSSR count). The fourth-order valence-electron chi connectivity index (χ4n) is 3.70. The third-order valence-electron chi connectivity index (χ3n) is 5.29. The third-order valence-corrected chi connectivity index (χ3v) is 7.21. The molecule has 36 heavy (non-hydrogen) atoms. The zero-order chi connectivity index (χ0) is 25.7. The van der Waals surface area contributed by atoms with Crippen LogP contribution in [0, 0.1) is 0 Å². The summed E-state index contributed by atoms with van der Waals surface area (Å²) >= 11 is 10.0. The third kappa shape index (κ3) is 5.80. The lowest BCUT2D eigenvalue weighted by Crippen LogP contribution is -2.37. The van der Waals surface area contributed by atoms with Gasteiger partial charge in [0.2, 0.25) is 0 Å². The molecule has 1 aliphatic heterocycles. The molecular weight excluding hydrogens is 562 g/mol. The Labute approximate surface area is 227 Å². The molecular formula is C27H22BrNO5S2. The normalized spacial score (nSPS) is 15.3. The second kappa shape index (κ2) is 11.7. The lowest BCUT2D eigenvalue weighted by molar-refractivity contribution is -0.145. The van der Waals surface area contributed by atoms with Crippen molar-refractivity contribution >= 4 is 62.2 Å². The van der Waals surface area contributed by atoms with E-state index in [0.717, 1.165) is 22.2 Å². The van der Waals surface area contributed by atoms with Gasteiger partial charge < -0.3 is 14.6 Å². The maximum atomic E-state index is 13.3. The minimum absolute atomic E-state index is 0.189. The van der Waals surface area contributed by atoms with Gasteiger partial charge in [-0.3, -0.25) is 9.69 Å². The van der Waals surface area contributed by atoms with E-state index in [1.165, 1.54) is 0 Å². The monoisotopic (exact) mass is 583 g/mol. The van der Waals surface area contributed by atoms with Crippen molar-refractivity contribution in [3.8, 4) is 11.5 Å². The standard InChI is InChI=1S/C27H22BrNO5S2/c1-2-33-21-14-18(13-20(28)24(21)34-16-17-9-5-3-6-10-17)15-22-25(30)29(27(35)36-22)23(26(31)32)19-11-7-4-8-12-19/h3-15,23H,2,16H2,1H3,(H,31,32)/b22-15-. The molecule has 0 aliphatic carbocycles. The number of carboxylic acids is 1. The minimum atomic E-state index is -1.20. The summed E-state index contributed by atoms with van der Waals surface area (Å²) in [4.78, 5) is 26.8. The van der Waals surface area contributed by atoms with Gasteiger partial charge in [0.25, 0.3) is 5.91 Å². The van der Waals surface area contributed by atoms with Crippen molar-refractivity contribution in [2.24, 2.45) is 0 Å². The number of aliphatic carboxylic acids is 1.